The summed E-state index contributed by atoms with van der Waals surface area (Å²) in [6.07, 6.45) is 0. The highest BCUT2D eigenvalue weighted by atomic mass is 31.1. The third kappa shape index (κ3) is 6.47. The first-order valence-corrected chi connectivity index (χ1v) is 9.74. The van der Waals surface area contributed by atoms with Gasteiger partial charge >= 0.3 is 0 Å². The molecule has 0 saturated heterocycles. The van der Waals surface area contributed by atoms with Crippen molar-refractivity contribution >= 4 is 9.03 Å². The maximum Gasteiger partial charge on any atom is 0.215 e. The summed E-state index contributed by atoms with van der Waals surface area (Å²) in [6, 6.07) is 6.32. The molecule has 1 rings (SSSR count). The van der Waals surface area contributed by atoms with Crippen LogP contribution in [0.1, 0.15) is 52.7 Å². The van der Waals surface area contributed by atoms with Crippen molar-refractivity contribution in [3.63, 3.8) is 0 Å². The number of aliphatic hydroxyl groups excluding tert-OH is 1. The summed E-state index contributed by atoms with van der Waals surface area (Å²) in [5.41, 5.74) is 1.74. The molecule has 6 heteroatoms. The molecule has 2 atom stereocenters. The summed E-state index contributed by atoms with van der Waals surface area (Å²) in [5, 5.41) is 17.2. The van der Waals surface area contributed by atoms with Crippen LogP contribution in [0.2, 0.25) is 0 Å². The van der Waals surface area contributed by atoms with Crippen molar-refractivity contribution in [1.29, 1.82) is 0 Å². The van der Waals surface area contributed by atoms with E-state index in [4.69, 9.17) is 18.9 Å². The molecule has 0 bridgehead atoms. The van der Waals surface area contributed by atoms with E-state index in [0.29, 0.717) is 0 Å². The van der Waals surface area contributed by atoms with Crippen LogP contribution in [0.4, 0.5) is 0 Å². The minimum Gasteiger partial charge on any atom is -0.449 e. The second-order valence-electron chi connectivity index (χ2n) is 8.95. The molecule has 0 spiro atoms. The normalized spacial score (nSPS) is 15.4. The third-order valence-electron chi connectivity index (χ3n) is 4.40. The van der Waals surface area contributed by atoms with Gasteiger partial charge in [-0.2, -0.15) is 0 Å². The molecule has 150 valence electrons. The monoisotopic (exact) mass is 387 g/mol. The molecule has 26 heavy (non-hydrogen) atoms. The van der Waals surface area contributed by atoms with Crippen LogP contribution in [0.25, 0.3) is 0 Å². The fraction of sp³-hybridized carbons (Fsp3) is 0.700. The van der Waals surface area contributed by atoms with Gasteiger partial charge in [-0.3, -0.25) is 0 Å². The van der Waals surface area contributed by atoms with Gasteiger partial charge in [0.25, 0.3) is 0 Å². The van der Waals surface area contributed by atoms with E-state index in [0.717, 1.165) is 11.3 Å². The van der Waals surface area contributed by atoms with Gasteiger partial charge in [0.15, 0.2) is 6.61 Å². The minimum atomic E-state index is -0.700. The van der Waals surface area contributed by atoms with Crippen molar-refractivity contribution in [3.05, 3.63) is 29.3 Å². The van der Waals surface area contributed by atoms with Gasteiger partial charge in [-0.15, -0.1) is 0 Å². The summed E-state index contributed by atoms with van der Waals surface area (Å²) in [6.45, 7) is 13.5. The topological polar surface area (TPSA) is 70.8 Å². The average Bonchev–Trinajstić information content (AvgIpc) is 2.56. The van der Waals surface area contributed by atoms with Crippen LogP contribution < -0.4 is 4.52 Å². The van der Waals surface area contributed by atoms with Crippen molar-refractivity contribution < 1.29 is 24.0 Å². The lowest BCUT2D eigenvalue weighted by Gasteiger charge is -2.28. The number of ether oxygens (including phenoxy) is 1. The van der Waals surface area contributed by atoms with E-state index in [1.807, 2.05) is 6.07 Å². The molecule has 1 unspecified atom stereocenters. The Morgan fingerprint density at radius 3 is 2.15 bits per heavy atom. The lowest BCUT2D eigenvalue weighted by atomic mass is 9.80. The lowest BCUT2D eigenvalue weighted by molar-refractivity contribution is -0.0376. The van der Waals surface area contributed by atoms with Crippen molar-refractivity contribution in [2.24, 2.45) is 5.41 Å². The zero-order valence-corrected chi connectivity index (χ0v) is 18.2. The Labute approximate surface area is 160 Å². The Kier molecular flexibility index (Phi) is 8.50. The van der Waals surface area contributed by atoms with Crippen LogP contribution in [0.3, 0.4) is 0 Å². The largest absolute Gasteiger partial charge is 0.449 e. The van der Waals surface area contributed by atoms with Gasteiger partial charge in [0.1, 0.15) is 11.2 Å². The fourth-order valence-corrected chi connectivity index (χ4v) is 3.22. The van der Waals surface area contributed by atoms with Crippen LogP contribution >= 0.6 is 9.03 Å². The van der Waals surface area contributed by atoms with Crippen LogP contribution in [-0.4, -0.2) is 43.8 Å². The van der Waals surface area contributed by atoms with Gasteiger partial charge < -0.3 is 24.0 Å². The summed E-state index contributed by atoms with van der Waals surface area (Å²) < 4.78 is 16.7. The van der Waals surface area contributed by atoms with E-state index < -0.39 is 5.41 Å². The number of hydrogen-bond acceptors (Lipinski definition) is 4. The smallest absolute Gasteiger partial charge is 0.215 e. The zero-order chi connectivity index (χ0) is 20.0. The number of methoxy groups -OCH3 is 1. The number of benzene rings is 1. The van der Waals surface area contributed by atoms with Gasteiger partial charge in [-0.1, -0.05) is 53.7 Å². The molecule has 0 fully saturated rings. The molecule has 0 heterocycles. The molecule has 0 aliphatic carbocycles. The van der Waals surface area contributed by atoms with E-state index in [9.17, 15) is 5.11 Å². The average molecular weight is 387 g/mol. The predicted octanol–water partition coefficient (Wildman–Crippen LogP) is 3.54. The van der Waals surface area contributed by atoms with E-state index in [1.165, 1.54) is 5.56 Å². The summed E-state index contributed by atoms with van der Waals surface area (Å²) in [7, 11) is 1.36. The standard InChI is InChI=1S/C20H35O5P/c1-18(2,3)15-8-9-17(16(10-15)19(4,5)6)25-26-24-14-20(11-21,12-22)13-23-7/h8-10,21-22,26H,11-14H2,1-7H3/p+1. The Morgan fingerprint density at radius 2 is 1.69 bits per heavy atom. The number of aliphatic hydroxyl groups is 1. The van der Waals surface area contributed by atoms with E-state index in [-0.39, 0.29) is 46.3 Å². The predicted molar refractivity (Wildman–Crippen MR) is 109 cm³/mol. The first-order chi connectivity index (χ1) is 12.0. The van der Waals surface area contributed by atoms with E-state index >= 15 is 0 Å². The third-order valence-corrected chi connectivity index (χ3v) is 4.97. The Morgan fingerprint density at radius 1 is 1.04 bits per heavy atom. The summed E-state index contributed by atoms with van der Waals surface area (Å²) >= 11 is 0. The molecule has 0 aromatic heterocycles. The second kappa shape index (κ2) is 9.48. The Hall–Kier alpha value is -0.710. The fourth-order valence-electron chi connectivity index (χ4n) is 2.53. The van der Waals surface area contributed by atoms with Crippen LogP contribution in [0.15, 0.2) is 18.2 Å². The number of hydrogen-bond donors (Lipinski definition) is 1. The molecular formula is C20H36O5P+. The molecule has 0 amide bonds. The van der Waals surface area contributed by atoms with Crippen molar-refractivity contribution in [3.8, 4) is 5.75 Å². The highest BCUT2D eigenvalue weighted by Crippen LogP contribution is 2.38. The minimum absolute atomic E-state index is 0.0370. The zero-order valence-electron chi connectivity index (χ0n) is 17.2. The SMILES string of the molecule is COC[C@](CO)(C[OH2+])COPOc1ccc(C(C)(C)C)cc1C(C)(C)C. The van der Waals surface area contributed by atoms with Gasteiger partial charge in [-0.05, 0) is 22.5 Å². The maximum atomic E-state index is 9.56. The molecule has 5 nitrogen and oxygen atoms in total. The van der Waals surface area contributed by atoms with Crippen molar-refractivity contribution in [1.82, 2.24) is 0 Å². The van der Waals surface area contributed by atoms with E-state index in [1.54, 1.807) is 7.11 Å². The summed E-state index contributed by atoms with van der Waals surface area (Å²) in [5.74, 6) is 0.816. The molecule has 3 N–H and O–H groups in total. The van der Waals surface area contributed by atoms with Crippen LogP contribution in [0, 0.1) is 5.41 Å². The Balaban J connectivity index is 2.84. The van der Waals surface area contributed by atoms with Gasteiger partial charge in [-0.25, -0.2) is 0 Å². The molecule has 0 aliphatic heterocycles. The van der Waals surface area contributed by atoms with Crippen LogP contribution in [0.5, 0.6) is 5.75 Å². The van der Waals surface area contributed by atoms with Crippen molar-refractivity contribution in [2.75, 3.05) is 33.5 Å². The molecular weight excluding hydrogens is 351 g/mol. The quantitative estimate of drug-likeness (QED) is 0.400. The molecule has 1 aromatic carbocycles. The van der Waals surface area contributed by atoms with Gasteiger partial charge in [0, 0.05) is 12.7 Å². The molecule has 0 aliphatic rings. The highest BCUT2D eigenvalue weighted by molar-refractivity contribution is 7.26. The lowest BCUT2D eigenvalue weighted by Crippen LogP contribution is -2.38. The maximum absolute atomic E-state index is 9.56. The van der Waals surface area contributed by atoms with Crippen LogP contribution in [-0.2, 0) is 20.1 Å². The van der Waals surface area contributed by atoms with E-state index in [2.05, 4.69) is 53.7 Å². The molecule has 1 aromatic rings. The molecule has 0 radical (unpaired) electrons. The second-order valence-corrected chi connectivity index (χ2v) is 9.61. The Bertz CT molecular complexity index is 556. The first-order valence-electron chi connectivity index (χ1n) is 8.92. The summed E-state index contributed by atoms with van der Waals surface area (Å²) in [4.78, 5) is 0. The van der Waals surface area contributed by atoms with Gasteiger partial charge in [0.2, 0.25) is 9.03 Å². The molecule has 0 saturated carbocycles. The van der Waals surface area contributed by atoms with Gasteiger partial charge in [0.05, 0.1) is 19.8 Å². The highest BCUT2D eigenvalue weighted by Gasteiger charge is 2.33. The number of rotatable bonds is 9. The first kappa shape index (κ1) is 23.3. The van der Waals surface area contributed by atoms with Crippen molar-refractivity contribution in [2.45, 2.75) is 52.4 Å².